The average molecular weight is 305 g/mol. The van der Waals surface area contributed by atoms with Crippen molar-refractivity contribution in [2.45, 2.75) is 30.3 Å². The molecule has 1 fully saturated rings. The van der Waals surface area contributed by atoms with E-state index in [-0.39, 0.29) is 6.10 Å². The zero-order valence-corrected chi connectivity index (χ0v) is 12.8. The number of nitrogen functional groups attached to an aromatic ring is 1. The summed E-state index contributed by atoms with van der Waals surface area (Å²) >= 11 is 1.76. The van der Waals surface area contributed by atoms with Gasteiger partial charge in [0.1, 0.15) is 0 Å². The first-order chi connectivity index (χ1) is 10.1. The lowest BCUT2D eigenvalue weighted by atomic mass is 10.3. The Morgan fingerprint density at radius 1 is 1.43 bits per heavy atom. The molecule has 0 saturated carbocycles. The van der Waals surface area contributed by atoms with E-state index in [2.05, 4.69) is 4.98 Å². The van der Waals surface area contributed by atoms with Gasteiger partial charge < -0.3 is 19.8 Å². The molecule has 0 spiro atoms. The van der Waals surface area contributed by atoms with Crippen molar-refractivity contribution in [3.63, 3.8) is 0 Å². The summed E-state index contributed by atoms with van der Waals surface area (Å²) in [5, 5.41) is 0. The smallest absolute Gasteiger partial charge is 0.184 e. The van der Waals surface area contributed by atoms with Crippen molar-refractivity contribution in [2.24, 2.45) is 0 Å². The molecule has 2 N–H and O–H groups in total. The summed E-state index contributed by atoms with van der Waals surface area (Å²) in [5.41, 5.74) is 6.47. The summed E-state index contributed by atoms with van der Waals surface area (Å²) in [6.07, 6.45) is 5.54. The van der Waals surface area contributed by atoms with Gasteiger partial charge in [0.15, 0.2) is 5.79 Å². The van der Waals surface area contributed by atoms with Gasteiger partial charge in [-0.3, -0.25) is 0 Å². The zero-order valence-electron chi connectivity index (χ0n) is 11.9. The standard InChI is InChI=1S/C15H19N3O2S/c1-15(10-18-7-6-17-11-18)19-8-13(20-15)9-21-14-4-2-12(16)3-5-14/h2-7,11,13H,8-10,16H2,1H3/t13-,15-/m0/s1. The minimum atomic E-state index is -0.576. The highest BCUT2D eigenvalue weighted by Crippen LogP contribution is 2.29. The maximum Gasteiger partial charge on any atom is 0.184 e. The van der Waals surface area contributed by atoms with Gasteiger partial charge in [-0.15, -0.1) is 11.8 Å². The van der Waals surface area contributed by atoms with Crippen LogP contribution < -0.4 is 5.73 Å². The van der Waals surface area contributed by atoms with Crippen LogP contribution in [0.5, 0.6) is 0 Å². The lowest BCUT2D eigenvalue weighted by Gasteiger charge is -2.23. The fourth-order valence-corrected chi connectivity index (χ4v) is 3.19. The van der Waals surface area contributed by atoms with E-state index in [0.29, 0.717) is 13.2 Å². The quantitative estimate of drug-likeness (QED) is 0.679. The van der Waals surface area contributed by atoms with E-state index in [1.807, 2.05) is 42.0 Å². The first kappa shape index (κ1) is 14.4. The SMILES string of the molecule is C[C@]1(Cn2ccnc2)OC[C@@H](CSc2ccc(N)cc2)O1. The predicted octanol–water partition coefficient (Wildman–Crippen LogP) is 2.39. The molecular weight excluding hydrogens is 286 g/mol. The predicted molar refractivity (Wildman–Crippen MR) is 83.0 cm³/mol. The fraction of sp³-hybridized carbons (Fsp3) is 0.400. The van der Waals surface area contributed by atoms with Crippen LogP contribution >= 0.6 is 11.8 Å². The van der Waals surface area contributed by atoms with Gasteiger partial charge in [0, 0.05) is 28.7 Å². The second kappa shape index (κ2) is 6.09. The number of aromatic nitrogens is 2. The van der Waals surface area contributed by atoms with Crippen LogP contribution in [-0.4, -0.2) is 33.8 Å². The molecule has 112 valence electrons. The van der Waals surface area contributed by atoms with E-state index < -0.39 is 5.79 Å². The van der Waals surface area contributed by atoms with Gasteiger partial charge in [0.2, 0.25) is 0 Å². The molecule has 1 saturated heterocycles. The Morgan fingerprint density at radius 3 is 2.95 bits per heavy atom. The molecule has 2 aromatic rings. The fourth-order valence-electron chi connectivity index (χ4n) is 2.32. The molecule has 5 nitrogen and oxygen atoms in total. The van der Waals surface area contributed by atoms with Crippen molar-refractivity contribution in [1.29, 1.82) is 0 Å². The highest BCUT2D eigenvalue weighted by molar-refractivity contribution is 7.99. The lowest BCUT2D eigenvalue weighted by Crippen LogP contribution is -2.32. The zero-order chi connectivity index (χ0) is 14.7. The van der Waals surface area contributed by atoms with E-state index in [1.54, 1.807) is 24.3 Å². The number of benzene rings is 1. The lowest BCUT2D eigenvalue weighted by molar-refractivity contribution is -0.160. The molecule has 2 heterocycles. The molecule has 0 bridgehead atoms. The first-order valence-corrected chi connectivity index (χ1v) is 7.87. The van der Waals surface area contributed by atoms with E-state index in [9.17, 15) is 0 Å². The van der Waals surface area contributed by atoms with Crippen LogP contribution in [0.15, 0.2) is 47.9 Å². The van der Waals surface area contributed by atoms with Crippen molar-refractivity contribution >= 4 is 17.4 Å². The van der Waals surface area contributed by atoms with E-state index in [4.69, 9.17) is 15.2 Å². The van der Waals surface area contributed by atoms with E-state index in [0.717, 1.165) is 11.4 Å². The maximum absolute atomic E-state index is 6.05. The molecule has 1 aliphatic heterocycles. The van der Waals surface area contributed by atoms with Crippen molar-refractivity contribution in [2.75, 3.05) is 18.1 Å². The van der Waals surface area contributed by atoms with Gasteiger partial charge >= 0.3 is 0 Å². The third-order valence-electron chi connectivity index (χ3n) is 3.34. The van der Waals surface area contributed by atoms with Gasteiger partial charge in [-0.05, 0) is 31.2 Å². The molecule has 0 amide bonds. The van der Waals surface area contributed by atoms with Crippen LogP contribution in [0.2, 0.25) is 0 Å². The number of hydrogen-bond acceptors (Lipinski definition) is 5. The summed E-state index contributed by atoms with van der Waals surface area (Å²) in [5.74, 6) is 0.288. The normalized spacial score (nSPS) is 25.3. The van der Waals surface area contributed by atoms with Gasteiger partial charge in [-0.2, -0.15) is 0 Å². The van der Waals surface area contributed by atoms with Crippen molar-refractivity contribution in [1.82, 2.24) is 9.55 Å². The molecule has 0 aliphatic carbocycles. The van der Waals surface area contributed by atoms with Crippen LogP contribution in [0, 0.1) is 0 Å². The summed E-state index contributed by atoms with van der Waals surface area (Å²) in [4.78, 5) is 5.23. The van der Waals surface area contributed by atoms with E-state index in [1.165, 1.54) is 4.90 Å². The van der Waals surface area contributed by atoms with Gasteiger partial charge in [-0.1, -0.05) is 0 Å². The Morgan fingerprint density at radius 2 is 2.24 bits per heavy atom. The van der Waals surface area contributed by atoms with Gasteiger partial charge in [0.25, 0.3) is 0 Å². The van der Waals surface area contributed by atoms with Crippen LogP contribution in [-0.2, 0) is 16.0 Å². The number of rotatable bonds is 5. The second-order valence-corrected chi connectivity index (χ2v) is 6.39. The van der Waals surface area contributed by atoms with Crippen molar-refractivity contribution < 1.29 is 9.47 Å². The van der Waals surface area contributed by atoms with Crippen LogP contribution in [0.25, 0.3) is 0 Å². The number of ether oxygens (including phenoxy) is 2. The maximum atomic E-state index is 6.05. The first-order valence-electron chi connectivity index (χ1n) is 6.89. The Kier molecular flexibility index (Phi) is 4.19. The molecule has 1 aromatic heterocycles. The number of nitrogens with two attached hydrogens (primary N) is 1. The number of thioether (sulfide) groups is 1. The molecule has 0 unspecified atom stereocenters. The third-order valence-corrected chi connectivity index (χ3v) is 4.48. The summed E-state index contributed by atoms with van der Waals surface area (Å²) < 4.78 is 13.8. The van der Waals surface area contributed by atoms with Crippen LogP contribution in [0.1, 0.15) is 6.92 Å². The third kappa shape index (κ3) is 3.78. The monoisotopic (exact) mass is 305 g/mol. The Bertz CT molecular complexity index is 573. The summed E-state index contributed by atoms with van der Waals surface area (Å²) in [6, 6.07) is 7.88. The summed E-state index contributed by atoms with van der Waals surface area (Å²) in [7, 11) is 0. The Balaban J connectivity index is 1.51. The molecule has 3 rings (SSSR count). The van der Waals surface area contributed by atoms with Crippen LogP contribution in [0.3, 0.4) is 0 Å². The largest absolute Gasteiger partial charge is 0.399 e. The Hall–Kier alpha value is -1.50. The number of anilines is 1. The van der Waals surface area contributed by atoms with Crippen molar-refractivity contribution in [3.05, 3.63) is 43.0 Å². The van der Waals surface area contributed by atoms with E-state index >= 15 is 0 Å². The summed E-state index contributed by atoms with van der Waals surface area (Å²) in [6.45, 7) is 3.24. The second-order valence-electron chi connectivity index (χ2n) is 5.30. The highest BCUT2D eigenvalue weighted by atomic mass is 32.2. The molecule has 6 heteroatoms. The average Bonchev–Trinajstić information content (AvgIpc) is 3.09. The number of imidazole rings is 1. The molecule has 1 aromatic carbocycles. The molecular formula is C15H19N3O2S. The molecule has 0 radical (unpaired) electrons. The molecule has 21 heavy (non-hydrogen) atoms. The number of hydrogen-bond donors (Lipinski definition) is 1. The minimum Gasteiger partial charge on any atom is -0.399 e. The number of nitrogens with zero attached hydrogens (tertiary/aromatic N) is 2. The minimum absolute atomic E-state index is 0.0982. The molecule has 2 atom stereocenters. The van der Waals surface area contributed by atoms with Gasteiger partial charge in [-0.25, -0.2) is 4.98 Å². The topological polar surface area (TPSA) is 62.3 Å². The molecule has 1 aliphatic rings. The van der Waals surface area contributed by atoms with Crippen molar-refractivity contribution in [3.8, 4) is 0 Å². The van der Waals surface area contributed by atoms with Gasteiger partial charge in [0.05, 0.1) is 25.6 Å². The highest BCUT2D eigenvalue weighted by Gasteiger charge is 2.37. The van der Waals surface area contributed by atoms with Crippen LogP contribution in [0.4, 0.5) is 5.69 Å². The Labute approximate surface area is 128 Å².